The lowest BCUT2D eigenvalue weighted by Gasteiger charge is -2.10. The van der Waals surface area contributed by atoms with Crippen molar-refractivity contribution in [2.45, 2.75) is 13.8 Å². The van der Waals surface area contributed by atoms with Gasteiger partial charge in [0, 0.05) is 5.56 Å². The van der Waals surface area contributed by atoms with Crippen molar-refractivity contribution in [2.24, 2.45) is 0 Å². The molecule has 2 aromatic rings. The van der Waals surface area contributed by atoms with Crippen LogP contribution in [0.5, 0.6) is 11.5 Å². The molecular weight excluding hydrogens is 277 g/mol. The van der Waals surface area contributed by atoms with Crippen LogP contribution in [-0.2, 0) is 0 Å². The third kappa shape index (κ3) is 3.05. The first-order valence-electron chi connectivity index (χ1n) is 6.12. The molecule has 0 bridgehead atoms. The number of aryl methyl sites for hydroxylation is 1. The summed E-state index contributed by atoms with van der Waals surface area (Å²) in [6, 6.07) is 8.06. The average Bonchev–Trinajstić information content (AvgIpc) is 2.40. The number of hydrogen-bond donors (Lipinski definition) is 0. The minimum Gasteiger partial charge on any atom is -0.449 e. The Balaban J connectivity index is 2.51. The third-order valence-electron chi connectivity index (χ3n) is 2.92. The monoisotopic (exact) mass is 289 g/mol. The van der Waals surface area contributed by atoms with Crippen LogP contribution < -0.4 is 4.74 Å². The second kappa shape index (κ2) is 5.70. The van der Waals surface area contributed by atoms with E-state index in [0.717, 1.165) is 12.1 Å². The molecule has 0 saturated heterocycles. The van der Waals surface area contributed by atoms with Crippen molar-refractivity contribution in [2.75, 3.05) is 0 Å². The summed E-state index contributed by atoms with van der Waals surface area (Å²) in [5, 5.41) is 11.1. The molecule has 0 amide bonds. The average molecular weight is 289 g/mol. The van der Waals surface area contributed by atoms with Gasteiger partial charge in [-0.3, -0.25) is 14.9 Å². The summed E-state index contributed by atoms with van der Waals surface area (Å²) < 4.78 is 18.7. The first-order chi connectivity index (χ1) is 9.90. The molecular formula is C15H12FNO4. The van der Waals surface area contributed by atoms with Crippen LogP contribution in [-0.4, -0.2) is 10.7 Å². The number of hydrogen-bond acceptors (Lipinski definition) is 4. The van der Waals surface area contributed by atoms with E-state index in [1.807, 2.05) is 0 Å². The highest BCUT2D eigenvalue weighted by atomic mass is 19.1. The van der Waals surface area contributed by atoms with Crippen molar-refractivity contribution in [3.63, 3.8) is 0 Å². The molecule has 21 heavy (non-hydrogen) atoms. The fraction of sp³-hybridized carbons (Fsp3) is 0.133. The lowest BCUT2D eigenvalue weighted by atomic mass is 10.1. The minimum atomic E-state index is -0.578. The molecule has 0 aliphatic rings. The third-order valence-corrected chi connectivity index (χ3v) is 2.92. The number of halogens is 1. The van der Waals surface area contributed by atoms with E-state index in [-0.39, 0.29) is 28.5 Å². The zero-order valence-electron chi connectivity index (χ0n) is 11.4. The number of para-hydroxylation sites is 1. The lowest BCUT2D eigenvalue weighted by molar-refractivity contribution is -0.386. The Kier molecular flexibility index (Phi) is 3.98. The van der Waals surface area contributed by atoms with Gasteiger partial charge in [-0.25, -0.2) is 4.39 Å². The van der Waals surface area contributed by atoms with Crippen molar-refractivity contribution >= 4 is 11.5 Å². The number of nitro groups is 1. The van der Waals surface area contributed by atoms with Crippen LogP contribution in [0.4, 0.5) is 10.1 Å². The first kappa shape index (κ1) is 14.6. The first-order valence-corrected chi connectivity index (χ1v) is 6.12. The highest BCUT2D eigenvalue weighted by Crippen LogP contribution is 2.35. The molecule has 0 atom stereocenters. The van der Waals surface area contributed by atoms with Crippen LogP contribution in [0.2, 0.25) is 0 Å². The van der Waals surface area contributed by atoms with E-state index < -0.39 is 10.7 Å². The van der Waals surface area contributed by atoms with E-state index >= 15 is 0 Å². The summed E-state index contributed by atoms with van der Waals surface area (Å²) in [5.41, 5.74) is 0.283. The largest absolute Gasteiger partial charge is 0.449 e. The van der Waals surface area contributed by atoms with E-state index in [2.05, 4.69) is 0 Å². The maximum atomic E-state index is 13.2. The van der Waals surface area contributed by atoms with Gasteiger partial charge in [0.25, 0.3) is 0 Å². The molecule has 0 saturated carbocycles. The van der Waals surface area contributed by atoms with Crippen molar-refractivity contribution in [1.29, 1.82) is 0 Å². The summed E-state index contributed by atoms with van der Waals surface area (Å²) in [4.78, 5) is 22.1. The second-order valence-corrected chi connectivity index (χ2v) is 4.48. The van der Waals surface area contributed by atoms with E-state index in [4.69, 9.17) is 4.74 Å². The number of ketones is 1. The van der Waals surface area contributed by atoms with E-state index in [0.29, 0.717) is 5.56 Å². The maximum Gasteiger partial charge on any atom is 0.314 e. The topological polar surface area (TPSA) is 69.4 Å². The van der Waals surface area contributed by atoms with Crippen LogP contribution >= 0.6 is 0 Å². The Labute approximate surface area is 120 Å². The number of rotatable bonds is 4. The van der Waals surface area contributed by atoms with Crippen molar-refractivity contribution in [1.82, 2.24) is 0 Å². The molecule has 108 valence electrons. The lowest BCUT2D eigenvalue weighted by Crippen LogP contribution is -2.00. The number of carbonyl (C=O) groups excluding carboxylic acids is 1. The zero-order chi connectivity index (χ0) is 15.6. The van der Waals surface area contributed by atoms with E-state index in [1.54, 1.807) is 19.1 Å². The van der Waals surface area contributed by atoms with E-state index in [1.165, 1.54) is 19.1 Å². The van der Waals surface area contributed by atoms with Gasteiger partial charge >= 0.3 is 5.69 Å². The summed E-state index contributed by atoms with van der Waals surface area (Å²) >= 11 is 0. The minimum absolute atomic E-state index is 0.00843. The molecule has 0 unspecified atom stereocenters. The summed E-state index contributed by atoms with van der Waals surface area (Å²) in [5.74, 6) is -0.877. The molecule has 0 aliphatic heterocycles. The standard InChI is InChI=1S/C15H12FNO4/c1-9-4-3-5-14(15(9)17(19)20)21-13-7-6-11(16)8-12(13)10(2)18/h3-8H,1-2H3. The molecule has 2 rings (SSSR count). The molecule has 0 aliphatic carbocycles. The van der Waals surface area contributed by atoms with Gasteiger partial charge in [0.1, 0.15) is 11.6 Å². The normalized spacial score (nSPS) is 10.2. The summed E-state index contributed by atoms with van der Waals surface area (Å²) in [6.07, 6.45) is 0. The van der Waals surface area contributed by atoms with Gasteiger partial charge in [-0.05, 0) is 38.1 Å². The van der Waals surface area contributed by atoms with Crippen LogP contribution in [0.3, 0.4) is 0 Å². The Bertz CT molecular complexity index is 728. The van der Waals surface area contributed by atoms with Gasteiger partial charge in [0.15, 0.2) is 5.78 Å². The highest BCUT2D eigenvalue weighted by molar-refractivity contribution is 5.96. The maximum absolute atomic E-state index is 13.2. The molecule has 0 N–H and O–H groups in total. The SMILES string of the molecule is CC(=O)c1cc(F)ccc1Oc1cccc(C)c1[N+](=O)[O-]. The number of benzene rings is 2. The molecule has 0 heterocycles. The van der Waals surface area contributed by atoms with Crippen molar-refractivity contribution in [3.05, 3.63) is 63.5 Å². The van der Waals surface area contributed by atoms with Gasteiger partial charge in [0.2, 0.25) is 5.75 Å². The van der Waals surface area contributed by atoms with Gasteiger partial charge in [-0.2, -0.15) is 0 Å². The molecule has 0 radical (unpaired) electrons. The van der Waals surface area contributed by atoms with Crippen LogP contribution in [0, 0.1) is 22.9 Å². The van der Waals surface area contributed by atoms with Crippen molar-refractivity contribution in [3.8, 4) is 11.5 Å². The predicted molar refractivity (Wildman–Crippen MR) is 74.3 cm³/mol. The molecule has 0 spiro atoms. The zero-order valence-corrected chi connectivity index (χ0v) is 11.4. The fourth-order valence-electron chi connectivity index (χ4n) is 1.93. The molecule has 5 nitrogen and oxygen atoms in total. The van der Waals surface area contributed by atoms with Gasteiger partial charge in [-0.1, -0.05) is 12.1 Å². The molecule has 6 heteroatoms. The molecule has 2 aromatic carbocycles. The van der Waals surface area contributed by atoms with Crippen LogP contribution in [0.15, 0.2) is 36.4 Å². The molecule has 0 aromatic heterocycles. The Morgan fingerprint density at radius 2 is 1.95 bits per heavy atom. The quantitative estimate of drug-likeness (QED) is 0.484. The number of nitro benzene ring substituents is 1. The van der Waals surface area contributed by atoms with Crippen LogP contribution in [0.25, 0.3) is 0 Å². The van der Waals surface area contributed by atoms with Gasteiger partial charge in [-0.15, -0.1) is 0 Å². The summed E-state index contributed by atoms with van der Waals surface area (Å²) in [7, 11) is 0. The molecule has 0 fully saturated rings. The smallest absolute Gasteiger partial charge is 0.314 e. The Morgan fingerprint density at radius 3 is 2.57 bits per heavy atom. The predicted octanol–water partition coefficient (Wildman–Crippen LogP) is 4.04. The number of ether oxygens (including phenoxy) is 1. The van der Waals surface area contributed by atoms with Gasteiger partial charge in [0.05, 0.1) is 10.5 Å². The number of Topliss-reactive ketones (excluding diaryl/α,β-unsaturated/α-hetero) is 1. The van der Waals surface area contributed by atoms with Crippen LogP contribution in [0.1, 0.15) is 22.8 Å². The van der Waals surface area contributed by atoms with E-state index in [9.17, 15) is 19.3 Å². The summed E-state index contributed by atoms with van der Waals surface area (Å²) in [6.45, 7) is 2.85. The fourth-order valence-corrected chi connectivity index (χ4v) is 1.93. The number of nitrogens with zero attached hydrogens (tertiary/aromatic N) is 1. The highest BCUT2D eigenvalue weighted by Gasteiger charge is 2.20. The van der Waals surface area contributed by atoms with Crippen molar-refractivity contribution < 1.29 is 18.8 Å². The second-order valence-electron chi connectivity index (χ2n) is 4.48. The Morgan fingerprint density at radius 1 is 1.24 bits per heavy atom. The van der Waals surface area contributed by atoms with Gasteiger partial charge < -0.3 is 4.74 Å². The Hall–Kier alpha value is -2.76. The number of carbonyl (C=O) groups is 1.